The number of anilines is 1. The summed E-state index contributed by atoms with van der Waals surface area (Å²) in [6, 6.07) is 9.33. The minimum absolute atomic E-state index is 0.0520. The SMILES string of the molecule is Cc1ccc(Cl)c2c1N1C(=O)c3nc(-c4cncnc4C)n(C(C)C)c3C1c1ccc(Cl)cc1-2. The Labute approximate surface area is 207 Å². The highest BCUT2D eigenvalue weighted by atomic mass is 35.5. The zero-order valence-electron chi connectivity index (χ0n) is 19.1. The molecule has 4 aromatic rings. The van der Waals surface area contributed by atoms with Crippen molar-refractivity contribution in [2.24, 2.45) is 0 Å². The molecular weight excluding hydrogens is 469 g/mol. The molecule has 2 aliphatic heterocycles. The van der Waals surface area contributed by atoms with Gasteiger partial charge in [0.05, 0.1) is 27.7 Å². The Morgan fingerprint density at radius 3 is 2.59 bits per heavy atom. The average molecular weight is 490 g/mol. The third-order valence-corrected chi connectivity index (χ3v) is 7.25. The van der Waals surface area contributed by atoms with Gasteiger partial charge in [-0.25, -0.2) is 15.0 Å². The minimum atomic E-state index is -0.340. The molecule has 1 atom stereocenters. The summed E-state index contributed by atoms with van der Waals surface area (Å²) >= 11 is 13.1. The van der Waals surface area contributed by atoms with Crippen molar-refractivity contribution in [2.75, 3.05) is 4.90 Å². The number of fused-ring (bicyclic) bond motifs is 8. The van der Waals surface area contributed by atoms with Crippen molar-refractivity contribution in [1.82, 2.24) is 19.5 Å². The van der Waals surface area contributed by atoms with Crippen LogP contribution in [0.2, 0.25) is 10.0 Å². The summed E-state index contributed by atoms with van der Waals surface area (Å²) in [5, 5.41) is 1.21. The van der Waals surface area contributed by atoms with E-state index in [1.165, 1.54) is 6.33 Å². The number of hydrogen-bond donors (Lipinski definition) is 0. The van der Waals surface area contributed by atoms with E-state index < -0.39 is 0 Å². The van der Waals surface area contributed by atoms with Crippen molar-refractivity contribution in [3.8, 4) is 22.5 Å². The van der Waals surface area contributed by atoms with Crippen LogP contribution in [0, 0.1) is 13.8 Å². The van der Waals surface area contributed by atoms with Crippen LogP contribution in [0.1, 0.15) is 58.9 Å². The van der Waals surface area contributed by atoms with Crippen LogP contribution in [0.25, 0.3) is 22.5 Å². The molecule has 8 heteroatoms. The Morgan fingerprint density at radius 2 is 1.85 bits per heavy atom. The van der Waals surface area contributed by atoms with Crippen LogP contribution in [0.3, 0.4) is 0 Å². The molecule has 2 aliphatic rings. The van der Waals surface area contributed by atoms with E-state index in [1.54, 1.807) is 6.20 Å². The molecule has 0 saturated heterocycles. The summed E-state index contributed by atoms with van der Waals surface area (Å²) in [4.78, 5) is 29.3. The van der Waals surface area contributed by atoms with E-state index in [0.717, 1.165) is 44.9 Å². The van der Waals surface area contributed by atoms with Crippen molar-refractivity contribution in [3.63, 3.8) is 0 Å². The van der Waals surface area contributed by atoms with Gasteiger partial charge in [0.25, 0.3) is 5.91 Å². The zero-order chi connectivity index (χ0) is 23.9. The van der Waals surface area contributed by atoms with E-state index in [2.05, 4.69) is 28.4 Å². The first-order valence-electron chi connectivity index (χ1n) is 11.1. The molecule has 0 bridgehead atoms. The van der Waals surface area contributed by atoms with Crippen LogP contribution >= 0.6 is 23.2 Å². The highest BCUT2D eigenvalue weighted by molar-refractivity contribution is 6.35. The normalized spacial score (nSPS) is 15.9. The fraction of sp³-hybridized carbons (Fsp3) is 0.231. The summed E-state index contributed by atoms with van der Waals surface area (Å²) in [5.74, 6) is 0.567. The smallest absolute Gasteiger partial charge is 0.279 e. The molecule has 0 aliphatic carbocycles. The molecular formula is C26H21Cl2N5O. The highest BCUT2D eigenvalue weighted by Gasteiger charge is 2.49. The molecule has 0 N–H and O–H groups in total. The van der Waals surface area contributed by atoms with E-state index in [9.17, 15) is 4.79 Å². The van der Waals surface area contributed by atoms with Crippen molar-refractivity contribution in [2.45, 2.75) is 39.8 Å². The number of aromatic nitrogens is 4. The Balaban J connectivity index is 1.70. The third kappa shape index (κ3) is 2.76. The average Bonchev–Trinajstić information content (AvgIpc) is 3.32. The quantitative estimate of drug-likeness (QED) is 0.319. The van der Waals surface area contributed by atoms with Gasteiger partial charge in [0, 0.05) is 22.8 Å². The van der Waals surface area contributed by atoms with Gasteiger partial charge in [-0.15, -0.1) is 0 Å². The number of hydrogen-bond acceptors (Lipinski definition) is 4. The fourth-order valence-corrected chi connectivity index (χ4v) is 5.70. The number of carbonyl (C=O) groups is 1. The first kappa shape index (κ1) is 21.3. The van der Waals surface area contributed by atoms with E-state index in [0.29, 0.717) is 21.6 Å². The van der Waals surface area contributed by atoms with Gasteiger partial charge in [0.1, 0.15) is 18.2 Å². The lowest BCUT2D eigenvalue weighted by molar-refractivity contribution is 0.0989. The van der Waals surface area contributed by atoms with Crippen LogP contribution < -0.4 is 4.90 Å². The Morgan fingerprint density at radius 1 is 1.06 bits per heavy atom. The lowest BCUT2D eigenvalue weighted by Crippen LogP contribution is -2.34. The highest BCUT2D eigenvalue weighted by Crippen LogP contribution is 2.55. The molecule has 0 spiro atoms. The zero-order valence-corrected chi connectivity index (χ0v) is 20.6. The summed E-state index contributed by atoms with van der Waals surface area (Å²) in [6.45, 7) is 8.12. The third-order valence-electron chi connectivity index (χ3n) is 6.70. The van der Waals surface area contributed by atoms with E-state index in [-0.39, 0.29) is 18.0 Å². The number of imidazole rings is 1. The van der Waals surface area contributed by atoms with Gasteiger partial charge >= 0.3 is 0 Å². The van der Waals surface area contributed by atoms with E-state index >= 15 is 0 Å². The molecule has 2 aromatic heterocycles. The summed E-state index contributed by atoms with van der Waals surface area (Å²) < 4.78 is 2.15. The van der Waals surface area contributed by atoms with Gasteiger partial charge in [0.15, 0.2) is 5.69 Å². The molecule has 4 heterocycles. The van der Waals surface area contributed by atoms with Gasteiger partial charge < -0.3 is 4.57 Å². The second-order valence-electron chi connectivity index (χ2n) is 9.05. The summed E-state index contributed by atoms with van der Waals surface area (Å²) in [5.41, 5.74) is 7.48. The van der Waals surface area contributed by atoms with Gasteiger partial charge in [-0.05, 0) is 62.6 Å². The van der Waals surface area contributed by atoms with Crippen LogP contribution in [0.5, 0.6) is 0 Å². The molecule has 170 valence electrons. The Hall–Kier alpha value is -3.22. The lowest BCUT2D eigenvalue weighted by Gasteiger charge is -2.36. The van der Waals surface area contributed by atoms with Gasteiger partial charge in [0.2, 0.25) is 0 Å². The van der Waals surface area contributed by atoms with Gasteiger partial charge in [-0.2, -0.15) is 0 Å². The number of carbonyl (C=O) groups excluding carboxylic acids is 1. The minimum Gasteiger partial charge on any atom is -0.322 e. The lowest BCUT2D eigenvalue weighted by atomic mass is 9.86. The first-order chi connectivity index (χ1) is 16.3. The van der Waals surface area contributed by atoms with Crippen molar-refractivity contribution >= 4 is 34.8 Å². The van der Waals surface area contributed by atoms with Crippen LogP contribution in [-0.4, -0.2) is 25.4 Å². The van der Waals surface area contributed by atoms with Crippen molar-refractivity contribution in [1.29, 1.82) is 0 Å². The van der Waals surface area contributed by atoms with Crippen molar-refractivity contribution in [3.05, 3.63) is 81.1 Å². The van der Waals surface area contributed by atoms with Crippen LogP contribution in [-0.2, 0) is 0 Å². The predicted molar refractivity (Wildman–Crippen MR) is 134 cm³/mol. The fourth-order valence-electron chi connectivity index (χ4n) is 5.28. The molecule has 1 amide bonds. The maximum absolute atomic E-state index is 14.0. The topological polar surface area (TPSA) is 63.9 Å². The second kappa shape index (κ2) is 7.39. The monoisotopic (exact) mass is 489 g/mol. The van der Waals surface area contributed by atoms with Crippen LogP contribution in [0.15, 0.2) is 42.9 Å². The number of amides is 1. The summed E-state index contributed by atoms with van der Waals surface area (Å²) in [7, 11) is 0. The maximum Gasteiger partial charge on any atom is 0.279 e. The second-order valence-corrected chi connectivity index (χ2v) is 9.90. The molecule has 6 rings (SSSR count). The number of aryl methyl sites for hydroxylation is 2. The molecule has 0 fully saturated rings. The number of benzene rings is 2. The van der Waals surface area contributed by atoms with E-state index in [4.69, 9.17) is 28.2 Å². The van der Waals surface area contributed by atoms with Gasteiger partial charge in [-0.1, -0.05) is 35.3 Å². The molecule has 1 unspecified atom stereocenters. The van der Waals surface area contributed by atoms with Gasteiger partial charge in [-0.3, -0.25) is 9.69 Å². The number of halogens is 2. The number of nitrogens with zero attached hydrogens (tertiary/aromatic N) is 5. The standard InChI is InChI=1S/C26H21Cl2N5O/c1-12(2)32-24-21(31-25(32)18-10-29-11-30-14(18)4)26(34)33-22-13(3)5-8-19(28)20(22)17-9-15(27)6-7-16(17)23(24)33/h5-12,23H,1-4H3. The van der Waals surface area contributed by atoms with Crippen molar-refractivity contribution < 1.29 is 4.79 Å². The largest absolute Gasteiger partial charge is 0.322 e. The Bertz CT molecular complexity index is 1520. The molecule has 0 radical (unpaired) electrons. The molecule has 2 aromatic carbocycles. The number of rotatable bonds is 2. The predicted octanol–water partition coefficient (Wildman–Crippen LogP) is 6.57. The summed E-state index contributed by atoms with van der Waals surface area (Å²) in [6.07, 6.45) is 3.28. The molecule has 6 nitrogen and oxygen atoms in total. The maximum atomic E-state index is 14.0. The first-order valence-corrected chi connectivity index (χ1v) is 11.9. The van der Waals surface area contributed by atoms with E-state index in [1.807, 2.05) is 49.1 Å². The molecule has 34 heavy (non-hydrogen) atoms. The van der Waals surface area contributed by atoms with Crippen LogP contribution in [0.4, 0.5) is 5.69 Å². The molecule has 0 saturated carbocycles. The Kier molecular flexibility index (Phi) is 4.63.